The molecule has 7 heteroatoms. The molecule has 1 N–H and O–H groups in total. The summed E-state index contributed by atoms with van der Waals surface area (Å²) in [6, 6.07) is 6.72. The van der Waals surface area contributed by atoms with Crippen molar-refractivity contribution in [2.75, 3.05) is 46.4 Å². The minimum absolute atomic E-state index is 0.0770. The number of benzene rings is 1. The van der Waals surface area contributed by atoms with Gasteiger partial charge in [0, 0.05) is 33.2 Å². The topological polar surface area (TPSA) is 70.1 Å². The Morgan fingerprint density at radius 1 is 1.27 bits per heavy atom. The number of aryl methyl sites for hydroxylation is 1. The molecule has 0 unspecified atom stereocenters. The molecule has 1 saturated heterocycles. The van der Waals surface area contributed by atoms with Gasteiger partial charge in [-0.1, -0.05) is 17.7 Å². The number of morpholine rings is 1. The minimum Gasteiger partial charge on any atom is -0.390 e. The van der Waals surface area contributed by atoms with Gasteiger partial charge in [-0.25, -0.2) is 8.42 Å². The average Bonchev–Trinajstić information content (AvgIpc) is 2.48. The molecule has 6 nitrogen and oxygen atoms in total. The lowest BCUT2D eigenvalue weighted by molar-refractivity contribution is 0.0123. The van der Waals surface area contributed by atoms with Crippen molar-refractivity contribution >= 4 is 10.0 Å². The van der Waals surface area contributed by atoms with Crippen molar-refractivity contribution in [1.29, 1.82) is 0 Å². The van der Waals surface area contributed by atoms with Gasteiger partial charge in [-0.05, 0) is 19.1 Å². The molecule has 0 bridgehead atoms. The molecule has 0 spiro atoms. The molecule has 1 aliphatic heterocycles. The molecule has 0 aliphatic carbocycles. The lowest BCUT2D eigenvalue weighted by Crippen LogP contribution is -2.45. The van der Waals surface area contributed by atoms with E-state index in [2.05, 4.69) is 4.90 Å². The second-order valence-electron chi connectivity index (χ2n) is 5.67. The van der Waals surface area contributed by atoms with Gasteiger partial charge in [0.05, 0.1) is 24.2 Å². The number of aliphatic hydroxyl groups excluding tert-OH is 1. The summed E-state index contributed by atoms with van der Waals surface area (Å²) in [5, 5.41) is 10.1. The van der Waals surface area contributed by atoms with Crippen molar-refractivity contribution in [3.05, 3.63) is 29.8 Å². The zero-order valence-electron chi connectivity index (χ0n) is 13.1. The number of aliphatic hydroxyl groups is 1. The van der Waals surface area contributed by atoms with E-state index < -0.39 is 16.1 Å². The van der Waals surface area contributed by atoms with Gasteiger partial charge in [0.15, 0.2) is 0 Å². The summed E-state index contributed by atoms with van der Waals surface area (Å²) in [5.41, 5.74) is 1.01. The van der Waals surface area contributed by atoms with Gasteiger partial charge in [0.2, 0.25) is 10.0 Å². The molecule has 124 valence electrons. The highest BCUT2D eigenvalue weighted by Crippen LogP contribution is 2.15. The third-order valence-corrected chi connectivity index (χ3v) is 5.61. The summed E-state index contributed by atoms with van der Waals surface area (Å²) >= 11 is 0. The summed E-state index contributed by atoms with van der Waals surface area (Å²) in [6.45, 7) is 5.29. The molecule has 1 heterocycles. The quantitative estimate of drug-likeness (QED) is 0.814. The van der Waals surface area contributed by atoms with E-state index in [0.717, 1.165) is 18.7 Å². The zero-order chi connectivity index (χ0) is 16.2. The van der Waals surface area contributed by atoms with Crippen LogP contribution in [0.4, 0.5) is 0 Å². The Kier molecular flexibility index (Phi) is 5.94. The average molecular weight is 328 g/mol. The number of ether oxygens (including phenoxy) is 1. The molecule has 0 radical (unpaired) electrons. The van der Waals surface area contributed by atoms with Crippen LogP contribution >= 0.6 is 0 Å². The lowest BCUT2D eigenvalue weighted by atomic mass is 10.2. The highest BCUT2D eigenvalue weighted by atomic mass is 32.2. The molecule has 2 rings (SSSR count). The molecule has 1 fully saturated rings. The second-order valence-corrected chi connectivity index (χ2v) is 7.71. The predicted molar refractivity (Wildman–Crippen MR) is 84.3 cm³/mol. The maximum Gasteiger partial charge on any atom is 0.242 e. The number of β-amino-alcohol motifs (C(OH)–C–C–N with tert-alkyl or cyclic N) is 1. The summed E-state index contributed by atoms with van der Waals surface area (Å²) in [4.78, 5) is 2.33. The van der Waals surface area contributed by atoms with Gasteiger partial charge >= 0.3 is 0 Å². The Morgan fingerprint density at radius 3 is 2.45 bits per heavy atom. The van der Waals surface area contributed by atoms with Gasteiger partial charge in [-0.2, -0.15) is 4.31 Å². The van der Waals surface area contributed by atoms with Crippen LogP contribution in [0.25, 0.3) is 0 Å². The Hall–Kier alpha value is -0.990. The number of hydrogen-bond donors (Lipinski definition) is 1. The van der Waals surface area contributed by atoms with E-state index in [0.29, 0.717) is 19.8 Å². The maximum atomic E-state index is 12.5. The van der Waals surface area contributed by atoms with Crippen LogP contribution < -0.4 is 0 Å². The zero-order valence-corrected chi connectivity index (χ0v) is 13.9. The molecule has 0 saturated carbocycles. The van der Waals surface area contributed by atoms with Gasteiger partial charge in [-0.15, -0.1) is 0 Å². The van der Waals surface area contributed by atoms with Gasteiger partial charge in [0.1, 0.15) is 0 Å². The number of nitrogens with zero attached hydrogens (tertiary/aromatic N) is 2. The maximum absolute atomic E-state index is 12.5. The van der Waals surface area contributed by atoms with Crippen LogP contribution in [0.1, 0.15) is 5.56 Å². The Morgan fingerprint density at radius 2 is 1.86 bits per heavy atom. The van der Waals surface area contributed by atoms with Crippen LogP contribution in [0.2, 0.25) is 0 Å². The first-order valence-corrected chi connectivity index (χ1v) is 8.85. The van der Waals surface area contributed by atoms with E-state index in [1.165, 1.54) is 11.4 Å². The number of sulfonamides is 1. The Labute approximate surface area is 132 Å². The standard InChI is InChI=1S/C15H24N2O4S/c1-13-3-5-15(6-4-13)22(19,20)16(2)11-14(18)12-17-7-9-21-10-8-17/h3-6,14,18H,7-12H2,1-2H3/t14-/m1/s1. The monoisotopic (exact) mass is 328 g/mol. The third kappa shape index (κ3) is 4.50. The number of likely N-dealkylation sites (N-methyl/N-ethyl adjacent to an activating group) is 1. The molecule has 22 heavy (non-hydrogen) atoms. The molecule has 0 amide bonds. The van der Waals surface area contributed by atoms with Crippen molar-refractivity contribution in [1.82, 2.24) is 9.21 Å². The van der Waals surface area contributed by atoms with Crippen molar-refractivity contribution in [3.8, 4) is 0 Å². The number of hydrogen-bond acceptors (Lipinski definition) is 5. The molecular formula is C15H24N2O4S. The van der Waals surface area contributed by atoms with Crippen LogP contribution in [0.5, 0.6) is 0 Å². The van der Waals surface area contributed by atoms with Gasteiger partial charge in [0.25, 0.3) is 0 Å². The SMILES string of the molecule is Cc1ccc(S(=O)(=O)N(C)C[C@@H](O)CN2CCOCC2)cc1. The van der Waals surface area contributed by atoms with E-state index in [1.54, 1.807) is 24.3 Å². The first-order chi connectivity index (χ1) is 10.4. The van der Waals surface area contributed by atoms with Crippen molar-refractivity contribution in [2.24, 2.45) is 0 Å². The Bertz CT molecular complexity index is 568. The predicted octanol–water partition coefficient (Wildman–Crippen LogP) is 0.309. The van der Waals surface area contributed by atoms with E-state index in [-0.39, 0.29) is 11.4 Å². The molecule has 1 aromatic rings. The van der Waals surface area contributed by atoms with E-state index in [4.69, 9.17) is 4.74 Å². The third-order valence-electron chi connectivity index (χ3n) is 3.77. The highest BCUT2D eigenvalue weighted by molar-refractivity contribution is 7.89. The van der Waals surface area contributed by atoms with Gasteiger partial charge < -0.3 is 9.84 Å². The summed E-state index contributed by atoms with van der Waals surface area (Å²) < 4.78 is 31.4. The first-order valence-electron chi connectivity index (χ1n) is 7.41. The summed E-state index contributed by atoms with van der Waals surface area (Å²) in [6.07, 6.45) is -0.719. The van der Waals surface area contributed by atoms with Crippen molar-refractivity contribution in [3.63, 3.8) is 0 Å². The van der Waals surface area contributed by atoms with E-state index in [1.807, 2.05) is 6.92 Å². The molecule has 1 atom stereocenters. The fourth-order valence-corrected chi connectivity index (χ4v) is 3.63. The Balaban J connectivity index is 1.94. The second kappa shape index (κ2) is 7.52. The van der Waals surface area contributed by atoms with Crippen LogP contribution in [0.3, 0.4) is 0 Å². The van der Waals surface area contributed by atoms with E-state index >= 15 is 0 Å². The molecule has 0 aromatic heterocycles. The molecule has 1 aliphatic rings. The lowest BCUT2D eigenvalue weighted by Gasteiger charge is -2.29. The minimum atomic E-state index is -3.56. The van der Waals surface area contributed by atoms with Crippen molar-refractivity contribution in [2.45, 2.75) is 17.9 Å². The normalized spacial score (nSPS) is 18.5. The summed E-state index contributed by atoms with van der Waals surface area (Å²) in [7, 11) is -2.06. The van der Waals surface area contributed by atoms with Gasteiger partial charge in [-0.3, -0.25) is 4.90 Å². The van der Waals surface area contributed by atoms with Crippen LogP contribution in [0, 0.1) is 6.92 Å². The fourth-order valence-electron chi connectivity index (χ4n) is 2.42. The highest BCUT2D eigenvalue weighted by Gasteiger charge is 2.24. The van der Waals surface area contributed by atoms with Crippen molar-refractivity contribution < 1.29 is 18.3 Å². The molecular weight excluding hydrogens is 304 g/mol. The first kappa shape index (κ1) is 17.4. The van der Waals surface area contributed by atoms with E-state index in [9.17, 15) is 13.5 Å². The largest absolute Gasteiger partial charge is 0.390 e. The van der Waals surface area contributed by atoms with Crippen LogP contribution in [-0.2, 0) is 14.8 Å². The summed E-state index contributed by atoms with van der Waals surface area (Å²) in [5.74, 6) is 0. The molecule has 1 aromatic carbocycles. The number of rotatable bonds is 6. The fraction of sp³-hybridized carbons (Fsp3) is 0.600. The van der Waals surface area contributed by atoms with Crippen LogP contribution in [-0.4, -0.2) is 75.3 Å². The smallest absolute Gasteiger partial charge is 0.242 e. The van der Waals surface area contributed by atoms with Crippen LogP contribution in [0.15, 0.2) is 29.2 Å².